The maximum atomic E-state index is 14.1. The molecular formula is C26H39BrN2O5S. The highest BCUT2D eigenvalue weighted by Crippen LogP contribution is 2.68. The van der Waals surface area contributed by atoms with Gasteiger partial charge in [-0.2, -0.15) is 0 Å². The van der Waals surface area contributed by atoms with E-state index in [1.807, 2.05) is 13.0 Å². The van der Waals surface area contributed by atoms with Gasteiger partial charge in [-0.05, 0) is 39.0 Å². The summed E-state index contributed by atoms with van der Waals surface area (Å²) < 4.78 is 4.92. The highest BCUT2D eigenvalue weighted by molar-refractivity contribution is 9.09. The molecule has 7 nitrogen and oxygen atoms in total. The van der Waals surface area contributed by atoms with Gasteiger partial charge in [-0.1, -0.05) is 41.4 Å². The van der Waals surface area contributed by atoms with Gasteiger partial charge in [-0.3, -0.25) is 14.4 Å². The number of aliphatic hydroxyl groups excluding tert-OH is 1. The number of rotatable bonds is 14. The first kappa shape index (κ1) is 28.3. The van der Waals surface area contributed by atoms with Crippen LogP contribution in [0, 0.1) is 11.8 Å². The van der Waals surface area contributed by atoms with Crippen LogP contribution in [0.2, 0.25) is 0 Å². The number of thioether (sulfide) groups is 1. The van der Waals surface area contributed by atoms with Gasteiger partial charge < -0.3 is 19.6 Å². The van der Waals surface area contributed by atoms with Crippen molar-refractivity contribution in [3.63, 3.8) is 0 Å². The Labute approximate surface area is 221 Å². The summed E-state index contributed by atoms with van der Waals surface area (Å²) in [4.78, 5) is 44.5. The Kier molecular flexibility index (Phi) is 9.91. The number of aliphatic hydroxyl groups is 1. The van der Waals surface area contributed by atoms with Crippen molar-refractivity contribution in [2.24, 2.45) is 11.8 Å². The number of amides is 2. The van der Waals surface area contributed by atoms with Gasteiger partial charge in [0.2, 0.25) is 11.8 Å². The van der Waals surface area contributed by atoms with Crippen LogP contribution < -0.4 is 0 Å². The predicted molar refractivity (Wildman–Crippen MR) is 142 cm³/mol. The van der Waals surface area contributed by atoms with E-state index in [1.54, 1.807) is 22.7 Å². The summed E-state index contributed by atoms with van der Waals surface area (Å²) >= 11 is 5.35. The Morgan fingerprint density at radius 2 is 2.11 bits per heavy atom. The zero-order valence-corrected chi connectivity index (χ0v) is 23.3. The highest BCUT2D eigenvalue weighted by Gasteiger charge is 2.76. The van der Waals surface area contributed by atoms with E-state index in [4.69, 9.17) is 4.74 Å². The number of unbranched alkanes of at least 4 members (excludes halogenated alkanes) is 2. The van der Waals surface area contributed by atoms with Crippen molar-refractivity contribution in [2.45, 2.75) is 79.3 Å². The SMILES string of the molecule is C=CCCCCOC(=O)[C@H]1[C@H]2C(=O)N(CCO)C(C(=O)N(CC=C)C(C)CCC)C23CC(Br)[C@@H]1S3. The Morgan fingerprint density at radius 3 is 2.74 bits per heavy atom. The molecule has 3 heterocycles. The van der Waals surface area contributed by atoms with Gasteiger partial charge in [-0.25, -0.2) is 0 Å². The summed E-state index contributed by atoms with van der Waals surface area (Å²) in [5.74, 6) is -1.93. The van der Waals surface area contributed by atoms with E-state index in [-0.39, 0.29) is 47.1 Å². The highest BCUT2D eigenvalue weighted by atomic mass is 79.9. The number of likely N-dealkylation sites (tertiary alicyclic amines) is 1. The van der Waals surface area contributed by atoms with Crippen LogP contribution in [0.4, 0.5) is 0 Å². The van der Waals surface area contributed by atoms with E-state index in [1.165, 1.54) is 4.90 Å². The van der Waals surface area contributed by atoms with Crippen molar-refractivity contribution < 1.29 is 24.2 Å². The molecule has 1 N–H and O–H groups in total. The van der Waals surface area contributed by atoms with Gasteiger partial charge in [0.25, 0.3) is 0 Å². The quantitative estimate of drug-likeness (QED) is 0.149. The van der Waals surface area contributed by atoms with Crippen LogP contribution in [0.1, 0.15) is 52.4 Å². The number of nitrogens with zero attached hydrogens (tertiary/aromatic N) is 2. The summed E-state index contributed by atoms with van der Waals surface area (Å²) in [7, 11) is 0. The first-order valence-corrected chi connectivity index (χ1v) is 14.5. The number of β-amino-alcohol motifs (C(OH)–C–C–N with tert-alkyl or cyclic N) is 1. The Hall–Kier alpha value is -1.32. The van der Waals surface area contributed by atoms with Crippen LogP contribution in [-0.4, -0.2) is 85.9 Å². The fraction of sp³-hybridized carbons (Fsp3) is 0.731. The zero-order chi connectivity index (χ0) is 25.8. The van der Waals surface area contributed by atoms with Crippen LogP contribution in [0.25, 0.3) is 0 Å². The van der Waals surface area contributed by atoms with Gasteiger partial charge in [0.1, 0.15) is 6.04 Å². The minimum Gasteiger partial charge on any atom is -0.465 e. The van der Waals surface area contributed by atoms with Gasteiger partial charge in [0.05, 0.1) is 29.8 Å². The molecule has 0 aromatic heterocycles. The maximum absolute atomic E-state index is 14.1. The lowest BCUT2D eigenvalue weighted by Gasteiger charge is -2.39. The number of hydrogen-bond donors (Lipinski definition) is 1. The van der Waals surface area contributed by atoms with Crippen LogP contribution in [0.15, 0.2) is 25.3 Å². The van der Waals surface area contributed by atoms with Crippen molar-refractivity contribution in [1.82, 2.24) is 9.80 Å². The van der Waals surface area contributed by atoms with Gasteiger partial charge in [-0.15, -0.1) is 24.9 Å². The molecular weight excluding hydrogens is 532 g/mol. The summed E-state index contributed by atoms with van der Waals surface area (Å²) in [6.07, 6.45) is 8.45. The second kappa shape index (κ2) is 12.3. The molecule has 3 fully saturated rings. The standard InChI is InChI=1S/C26H39BrN2O5S/c1-5-8-9-10-15-34-25(33)19-20-23(31)29(13-14-30)22(26(20)16-18(27)21(19)35-26)24(32)28(12-7-3)17(4)11-6-2/h5,7,17-22,30H,1,3,6,8-16H2,2,4H3/t17?,18?,19-,20-,21-,22?,26?/m0/s1. The van der Waals surface area contributed by atoms with Crippen molar-refractivity contribution in [3.8, 4) is 0 Å². The molecule has 3 saturated heterocycles. The number of fused-ring (bicyclic) bond motifs is 1. The third-order valence-corrected chi connectivity index (χ3v) is 10.8. The lowest BCUT2D eigenvalue weighted by atomic mass is 9.71. The van der Waals surface area contributed by atoms with Gasteiger partial charge >= 0.3 is 5.97 Å². The number of carbonyl (C=O) groups is 3. The topological polar surface area (TPSA) is 87.1 Å². The Bertz CT molecular complexity index is 826. The number of hydrogen-bond acceptors (Lipinski definition) is 6. The summed E-state index contributed by atoms with van der Waals surface area (Å²) in [5, 5.41) is 9.65. The maximum Gasteiger partial charge on any atom is 0.310 e. The lowest BCUT2D eigenvalue weighted by Crippen LogP contribution is -2.57. The van der Waals surface area contributed by atoms with E-state index >= 15 is 0 Å². The molecule has 3 aliphatic rings. The molecule has 0 aromatic carbocycles. The molecule has 0 aliphatic carbocycles. The monoisotopic (exact) mass is 570 g/mol. The van der Waals surface area contributed by atoms with Crippen LogP contribution in [-0.2, 0) is 19.1 Å². The minimum absolute atomic E-state index is 0.000150. The van der Waals surface area contributed by atoms with Crippen LogP contribution in [0.5, 0.6) is 0 Å². The molecule has 3 aliphatic heterocycles. The molecule has 2 bridgehead atoms. The molecule has 0 saturated carbocycles. The third kappa shape index (κ3) is 5.23. The molecule has 3 rings (SSSR count). The summed E-state index contributed by atoms with van der Waals surface area (Å²) in [6.45, 7) is 12.2. The molecule has 35 heavy (non-hydrogen) atoms. The van der Waals surface area contributed by atoms with E-state index in [0.717, 1.165) is 32.1 Å². The molecule has 7 atom stereocenters. The molecule has 0 radical (unpaired) electrons. The fourth-order valence-electron chi connectivity index (χ4n) is 6.04. The van der Waals surface area contributed by atoms with Crippen LogP contribution in [0.3, 0.4) is 0 Å². The van der Waals surface area contributed by atoms with Gasteiger partial charge in [0, 0.05) is 29.2 Å². The number of carbonyl (C=O) groups excluding carboxylic acids is 3. The van der Waals surface area contributed by atoms with Crippen LogP contribution >= 0.6 is 27.7 Å². The molecule has 2 amide bonds. The largest absolute Gasteiger partial charge is 0.465 e. The number of ether oxygens (including phenoxy) is 1. The predicted octanol–water partition coefficient (Wildman–Crippen LogP) is 3.55. The minimum atomic E-state index is -0.730. The molecule has 196 valence electrons. The Balaban J connectivity index is 1.92. The summed E-state index contributed by atoms with van der Waals surface area (Å²) in [6, 6.07) is -0.737. The van der Waals surface area contributed by atoms with E-state index < -0.39 is 22.6 Å². The lowest BCUT2D eigenvalue weighted by molar-refractivity contribution is -0.154. The number of halogens is 1. The van der Waals surface area contributed by atoms with E-state index in [2.05, 4.69) is 36.0 Å². The fourth-order valence-corrected chi connectivity index (χ4v) is 9.64. The summed E-state index contributed by atoms with van der Waals surface area (Å²) in [5.41, 5.74) is 0. The molecule has 9 heteroatoms. The molecule has 0 aromatic rings. The van der Waals surface area contributed by atoms with E-state index in [9.17, 15) is 19.5 Å². The van der Waals surface area contributed by atoms with Gasteiger partial charge in [0.15, 0.2) is 0 Å². The smallest absolute Gasteiger partial charge is 0.310 e. The van der Waals surface area contributed by atoms with E-state index in [0.29, 0.717) is 19.6 Å². The average molecular weight is 572 g/mol. The zero-order valence-electron chi connectivity index (χ0n) is 20.9. The number of alkyl halides is 1. The second-order valence-corrected chi connectivity index (χ2v) is 12.5. The molecule has 1 spiro atoms. The number of esters is 1. The Morgan fingerprint density at radius 1 is 1.37 bits per heavy atom. The van der Waals surface area contributed by atoms with Crippen molar-refractivity contribution in [1.29, 1.82) is 0 Å². The average Bonchev–Trinajstić information content (AvgIpc) is 3.41. The van der Waals surface area contributed by atoms with Crippen molar-refractivity contribution in [3.05, 3.63) is 25.3 Å². The first-order valence-electron chi connectivity index (χ1n) is 12.7. The number of allylic oxidation sites excluding steroid dienone is 1. The second-order valence-electron chi connectivity index (χ2n) is 9.79. The normalized spacial score (nSPS) is 31.8. The van der Waals surface area contributed by atoms with Crippen molar-refractivity contribution in [2.75, 3.05) is 26.3 Å². The molecule has 4 unspecified atom stereocenters. The first-order chi connectivity index (χ1) is 16.8. The third-order valence-electron chi connectivity index (χ3n) is 7.53. The van der Waals surface area contributed by atoms with Crippen molar-refractivity contribution >= 4 is 45.5 Å².